The molecule has 0 aliphatic carbocycles. The van der Waals surface area contributed by atoms with Crippen LogP contribution in [0.1, 0.15) is 18.4 Å². The fourth-order valence-corrected chi connectivity index (χ4v) is 2.73. The van der Waals surface area contributed by atoms with E-state index in [4.69, 9.17) is 0 Å². The molecule has 1 atom stereocenters. The number of non-ortho nitro benzene ring substituents is 1. The molecular formula is C13H16BrN3O3. The third-order valence-electron chi connectivity index (χ3n) is 3.26. The van der Waals surface area contributed by atoms with Crippen LogP contribution < -0.4 is 10.6 Å². The Morgan fingerprint density at radius 1 is 1.55 bits per heavy atom. The van der Waals surface area contributed by atoms with Gasteiger partial charge in [0.05, 0.1) is 11.3 Å². The Bertz CT molecular complexity index is 516. The van der Waals surface area contributed by atoms with Crippen molar-refractivity contribution in [2.75, 3.05) is 13.1 Å². The minimum absolute atomic E-state index is 0.0116. The quantitative estimate of drug-likeness (QED) is 0.645. The van der Waals surface area contributed by atoms with E-state index in [1.54, 1.807) is 6.07 Å². The summed E-state index contributed by atoms with van der Waals surface area (Å²) in [6, 6.07) is 4.62. The predicted molar refractivity (Wildman–Crippen MR) is 78.5 cm³/mol. The van der Waals surface area contributed by atoms with Crippen molar-refractivity contribution >= 4 is 27.5 Å². The average molecular weight is 342 g/mol. The maximum absolute atomic E-state index is 12.0. The molecule has 1 heterocycles. The summed E-state index contributed by atoms with van der Waals surface area (Å²) >= 11 is 3.27. The SMILES string of the molecule is O=C(Cc1ccc([N+](=O)[O-])cc1Br)N[C@H]1CCCNC1. The normalized spacial score (nSPS) is 18.6. The Morgan fingerprint density at radius 3 is 2.95 bits per heavy atom. The number of piperidine rings is 1. The molecule has 1 amide bonds. The van der Waals surface area contributed by atoms with Crippen molar-refractivity contribution in [1.82, 2.24) is 10.6 Å². The predicted octanol–water partition coefficient (Wildman–Crippen LogP) is 1.77. The number of nitro groups is 1. The van der Waals surface area contributed by atoms with Crippen LogP contribution in [0.2, 0.25) is 0 Å². The highest BCUT2D eigenvalue weighted by molar-refractivity contribution is 9.10. The zero-order valence-electron chi connectivity index (χ0n) is 10.9. The number of nitrogens with zero attached hydrogens (tertiary/aromatic N) is 1. The Balaban J connectivity index is 1.95. The first kappa shape index (κ1) is 14.9. The van der Waals surface area contributed by atoms with Gasteiger partial charge in [-0.05, 0) is 24.9 Å². The van der Waals surface area contributed by atoms with Crippen LogP contribution in [0, 0.1) is 10.1 Å². The molecule has 7 heteroatoms. The number of nitrogens with one attached hydrogen (secondary N) is 2. The summed E-state index contributed by atoms with van der Waals surface area (Å²) < 4.78 is 0.587. The van der Waals surface area contributed by atoms with Gasteiger partial charge in [0.1, 0.15) is 0 Å². The molecule has 0 bridgehead atoms. The monoisotopic (exact) mass is 341 g/mol. The molecule has 2 rings (SSSR count). The summed E-state index contributed by atoms with van der Waals surface area (Å²) in [5.74, 6) is -0.0618. The molecule has 0 unspecified atom stereocenters. The van der Waals surface area contributed by atoms with Gasteiger partial charge in [-0.3, -0.25) is 14.9 Å². The van der Waals surface area contributed by atoms with Crippen molar-refractivity contribution in [3.63, 3.8) is 0 Å². The summed E-state index contributed by atoms with van der Waals surface area (Å²) in [4.78, 5) is 22.1. The molecule has 2 N–H and O–H groups in total. The Kier molecular flexibility index (Phi) is 5.08. The number of hydrogen-bond donors (Lipinski definition) is 2. The fourth-order valence-electron chi connectivity index (χ4n) is 2.22. The second-order valence-electron chi connectivity index (χ2n) is 4.82. The van der Waals surface area contributed by atoms with E-state index in [-0.39, 0.29) is 24.1 Å². The first-order valence-electron chi connectivity index (χ1n) is 6.49. The van der Waals surface area contributed by atoms with Gasteiger partial charge in [0, 0.05) is 29.2 Å². The molecule has 0 spiro atoms. The highest BCUT2D eigenvalue weighted by Crippen LogP contribution is 2.23. The molecule has 1 aliphatic heterocycles. The lowest BCUT2D eigenvalue weighted by atomic mass is 10.1. The molecular weight excluding hydrogens is 326 g/mol. The first-order chi connectivity index (χ1) is 9.56. The average Bonchev–Trinajstić information content (AvgIpc) is 2.42. The van der Waals surface area contributed by atoms with Crippen molar-refractivity contribution in [3.05, 3.63) is 38.3 Å². The smallest absolute Gasteiger partial charge is 0.270 e. The van der Waals surface area contributed by atoms with Crippen molar-refractivity contribution in [2.24, 2.45) is 0 Å². The lowest BCUT2D eigenvalue weighted by molar-refractivity contribution is -0.384. The molecule has 6 nitrogen and oxygen atoms in total. The molecule has 108 valence electrons. The van der Waals surface area contributed by atoms with Gasteiger partial charge in [0.25, 0.3) is 5.69 Å². The second kappa shape index (κ2) is 6.81. The zero-order valence-corrected chi connectivity index (χ0v) is 12.5. The number of halogens is 1. The van der Waals surface area contributed by atoms with Crippen molar-refractivity contribution in [3.8, 4) is 0 Å². The van der Waals surface area contributed by atoms with Gasteiger partial charge in [0.15, 0.2) is 0 Å². The summed E-state index contributed by atoms with van der Waals surface area (Å²) in [6.45, 7) is 1.80. The summed E-state index contributed by atoms with van der Waals surface area (Å²) in [7, 11) is 0. The zero-order chi connectivity index (χ0) is 14.5. The summed E-state index contributed by atoms with van der Waals surface area (Å²) in [5.41, 5.74) is 0.759. The van der Waals surface area contributed by atoms with Gasteiger partial charge < -0.3 is 10.6 Å². The maximum Gasteiger partial charge on any atom is 0.270 e. The van der Waals surface area contributed by atoms with Crippen molar-refractivity contribution in [1.29, 1.82) is 0 Å². The number of benzene rings is 1. The van der Waals surface area contributed by atoms with E-state index < -0.39 is 4.92 Å². The molecule has 0 radical (unpaired) electrons. The van der Waals surface area contributed by atoms with Crippen LogP contribution in [0.5, 0.6) is 0 Å². The molecule has 1 fully saturated rings. The van der Waals surface area contributed by atoms with E-state index in [0.717, 1.165) is 31.5 Å². The highest BCUT2D eigenvalue weighted by atomic mass is 79.9. The van der Waals surface area contributed by atoms with Gasteiger partial charge in [-0.15, -0.1) is 0 Å². The molecule has 1 aromatic rings. The topological polar surface area (TPSA) is 84.3 Å². The number of nitro benzene ring substituents is 1. The second-order valence-corrected chi connectivity index (χ2v) is 5.67. The third kappa shape index (κ3) is 4.01. The number of amides is 1. The fraction of sp³-hybridized carbons (Fsp3) is 0.462. The number of carbonyl (C=O) groups excluding carboxylic acids is 1. The standard InChI is InChI=1S/C13H16BrN3O3/c14-12-7-11(17(19)20)4-3-9(12)6-13(18)16-10-2-1-5-15-8-10/h3-4,7,10,15H,1-2,5-6,8H2,(H,16,18)/t10-/m0/s1. The third-order valence-corrected chi connectivity index (χ3v) is 4.00. The van der Waals surface area contributed by atoms with Crippen LogP contribution in [-0.4, -0.2) is 30.0 Å². The van der Waals surface area contributed by atoms with Crippen LogP contribution in [-0.2, 0) is 11.2 Å². The van der Waals surface area contributed by atoms with E-state index in [1.807, 2.05) is 0 Å². The van der Waals surface area contributed by atoms with Crippen molar-refractivity contribution in [2.45, 2.75) is 25.3 Å². The molecule has 0 saturated carbocycles. The summed E-state index contributed by atoms with van der Waals surface area (Å²) in [5, 5.41) is 16.9. The minimum atomic E-state index is -0.456. The van der Waals surface area contributed by atoms with Crippen LogP contribution in [0.4, 0.5) is 5.69 Å². The minimum Gasteiger partial charge on any atom is -0.352 e. The van der Waals surface area contributed by atoms with E-state index in [0.29, 0.717) is 4.47 Å². The number of carbonyl (C=O) groups is 1. The number of rotatable bonds is 4. The van der Waals surface area contributed by atoms with Gasteiger partial charge in [-0.25, -0.2) is 0 Å². The molecule has 1 aliphatic rings. The van der Waals surface area contributed by atoms with E-state index >= 15 is 0 Å². The van der Waals surface area contributed by atoms with Crippen molar-refractivity contribution < 1.29 is 9.72 Å². The molecule has 0 aromatic heterocycles. The Hall–Kier alpha value is -1.47. The van der Waals surface area contributed by atoms with Crippen LogP contribution >= 0.6 is 15.9 Å². The van der Waals surface area contributed by atoms with E-state index in [2.05, 4.69) is 26.6 Å². The van der Waals surface area contributed by atoms with Gasteiger partial charge in [-0.1, -0.05) is 22.0 Å². The molecule has 1 saturated heterocycles. The van der Waals surface area contributed by atoms with Gasteiger partial charge >= 0.3 is 0 Å². The lowest BCUT2D eigenvalue weighted by Gasteiger charge is -2.23. The largest absolute Gasteiger partial charge is 0.352 e. The number of hydrogen-bond acceptors (Lipinski definition) is 4. The van der Waals surface area contributed by atoms with Crippen LogP contribution in [0.25, 0.3) is 0 Å². The molecule has 20 heavy (non-hydrogen) atoms. The Labute approximate surface area is 125 Å². The lowest BCUT2D eigenvalue weighted by Crippen LogP contribution is -2.46. The van der Waals surface area contributed by atoms with E-state index in [1.165, 1.54) is 12.1 Å². The Morgan fingerprint density at radius 2 is 2.35 bits per heavy atom. The van der Waals surface area contributed by atoms with Gasteiger partial charge in [0.2, 0.25) is 5.91 Å². The first-order valence-corrected chi connectivity index (χ1v) is 7.28. The highest BCUT2D eigenvalue weighted by Gasteiger charge is 2.17. The van der Waals surface area contributed by atoms with Gasteiger partial charge in [-0.2, -0.15) is 0 Å². The van der Waals surface area contributed by atoms with Crippen LogP contribution in [0.15, 0.2) is 22.7 Å². The maximum atomic E-state index is 12.0. The molecule has 1 aromatic carbocycles. The summed E-state index contributed by atoms with van der Waals surface area (Å²) in [6.07, 6.45) is 2.27. The van der Waals surface area contributed by atoms with E-state index in [9.17, 15) is 14.9 Å². The van der Waals surface area contributed by atoms with Crippen LogP contribution in [0.3, 0.4) is 0 Å².